The van der Waals surface area contributed by atoms with E-state index < -0.39 is 0 Å². The van der Waals surface area contributed by atoms with Crippen LogP contribution in [0.25, 0.3) is 9.88 Å². The summed E-state index contributed by atoms with van der Waals surface area (Å²) in [5.74, 6) is 0.358. The lowest BCUT2D eigenvalue weighted by Gasteiger charge is -2.12. The van der Waals surface area contributed by atoms with Crippen LogP contribution in [0.15, 0.2) is 0 Å². The quantitative estimate of drug-likeness (QED) is 0.846. The zero-order valence-corrected chi connectivity index (χ0v) is 14.0. The van der Waals surface area contributed by atoms with Crippen molar-refractivity contribution in [1.29, 1.82) is 0 Å². The third-order valence-electron chi connectivity index (χ3n) is 3.04. The largest absolute Gasteiger partial charge is 0.308 e. The van der Waals surface area contributed by atoms with Gasteiger partial charge in [0.25, 0.3) is 0 Å². The zero-order chi connectivity index (χ0) is 14.5. The van der Waals surface area contributed by atoms with Gasteiger partial charge >= 0.3 is 0 Å². The van der Waals surface area contributed by atoms with E-state index in [1.165, 1.54) is 11.5 Å². The van der Waals surface area contributed by atoms with Gasteiger partial charge in [-0.1, -0.05) is 43.5 Å². The highest BCUT2D eigenvalue weighted by atomic mass is 32.1. The van der Waals surface area contributed by atoms with E-state index in [9.17, 15) is 0 Å². The first-order chi connectivity index (χ1) is 9.67. The average Bonchev–Trinajstić information content (AvgIpc) is 3.08. The lowest BCUT2D eigenvalue weighted by Crippen LogP contribution is -2.21. The van der Waals surface area contributed by atoms with E-state index in [-0.39, 0.29) is 0 Å². The molecule has 0 bridgehead atoms. The van der Waals surface area contributed by atoms with Crippen LogP contribution in [0.5, 0.6) is 0 Å². The van der Waals surface area contributed by atoms with Gasteiger partial charge in [0, 0.05) is 0 Å². The lowest BCUT2D eigenvalue weighted by molar-refractivity contribution is 0.513. The fraction of sp³-hybridized carbons (Fsp3) is 0.692. The maximum absolute atomic E-state index is 4.35. The van der Waals surface area contributed by atoms with E-state index in [2.05, 4.69) is 52.8 Å². The molecular formula is C13H21N5S2. The standard InChI is InChI=1S/C13H21N5S2/c1-5-7-14-9(6-2)12-16-17-13(19-12)11-10(8(3)4)15-18-20-11/h8-9,14H,5-7H2,1-4H3. The van der Waals surface area contributed by atoms with Gasteiger partial charge in [-0.3, -0.25) is 0 Å². The Morgan fingerprint density at radius 3 is 2.60 bits per heavy atom. The lowest BCUT2D eigenvalue weighted by atomic mass is 10.1. The predicted octanol–water partition coefficient (Wildman–Crippen LogP) is 3.63. The summed E-state index contributed by atoms with van der Waals surface area (Å²) in [7, 11) is 0. The van der Waals surface area contributed by atoms with Crippen LogP contribution in [0.4, 0.5) is 0 Å². The maximum atomic E-state index is 4.35. The fourth-order valence-corrected chi connectivity index (χ4v) is 3.80. The van der Waals surface area contributed by atoms with Gasteiger partial charge in [0.05, 0.1) is 11.7 Å². The summed E-state index contributed by atoms with van der Waals surface area (Å²) < 4.78 is 4.06. The van der Waals surface area contributed by atoms with Crippen molar-refractivity contribution in [1.82, 2.24) is 25.1 Å². The normalized spacial score (nSPS) is 13.1. The van der Waals surface area contributed by atoms with Gasteiger partial charge in [-0.05, 0) is 36.8 Å². The molecule has 0 radical (unpaired) electrons. The van der Waals surface area contributed by atoms with Crippen LogP contribution < -0.4 is 5.32 Å². The van der Waals surface area contributed by atoms with Crippen LogP contribution in [-0.2, 0) is 0 Å². The molecule has 0 aliphatic carbocycles. The molecule has 2 aromatic rings. The topological polar surface area (TPSA) is 63.6 Å². The second-order valence-electron chi connectivity index (χ2n) is 5.00. The van der Waals surface area contributed by atoms with Crippen molar-refractivity contribution in [3.8, 4) is 9.88 Å². The Morgan fingerprint density at radius 2 is 1.95 bits per heavy atom. The van der Waals surface area contributed by atoms with Crippen LogP contribution in [0.3, 0.4) is 0 Å². The van der Waals surface area contributed by atoms with Crippen molar-refractivity contribution in [3.63, 3.8) is 0 Å². The molecule has 20 heavy (non-hydrogen) atoms. The summed E-state index contributed by atoms with van der Waals surface area (Å²) in [6.45, 7) is 9.60. The molecular weight excluding hydrogens is 290 g/mol. The van der Waals surface area contributed by atoms with E-state index in [0.29, 0.717) is 12.0 Å². The molecule has 1 atom stereocenters. The van der Waals surface area contributed by atoms with Crippen molar-refractivity contribution < 1.29 is 0 Å². The molecule has 0 amide bonds. The van der Waals surface area contributed by atoms with Gasteiger partial charge in [-0.25, -0.2) is 0 Å². The molecule has 110 valence electrons. The summed E-state index contributed by atoms with van der Waals surface area (Å²) in [6.07, 6.45) is 2.14. The molecule has 2 rings (SSSR count). The predicted molar refractivity (Wildman–Crippen MR) is 84.2 cm³/mol. The van der Waals surface area contributed by atoms with Gasteiger partial charge in [0.15, 0.2) is 5.01 Å². The fourth-order valence-electron chi connectivity index (χ4n) is 1.92. The van der Waals surface area contributed by atoms with Crippen LogP contribution in [0.1, 0.15) is 63.2 Å². The molecule has 0 aliphatic rings. The first kappa shape index (κ1) is 15.5. The van der Waals surface area contributed by atoms with Crippen molar-refractivity contribution >= 4 is 22.9 Å². The molecule has 2 heterocycles. The smallest absolute Gasteiger partial charge is 0.161 e. The van der Waals surface area contributed by atoms with Crippen LogP contribution in [-0.4, -0.2) is 26.3 Å². The highest BCUT2D eigenvalue weighted by Gasteiger charge is 2.20. The summed E-state index contributed by atoms with van der Waals surface area (Å²) >= 11 is 3.06. The van der Waals surface area contributed by atoms with Crippen molar-refractivity contribution in [2.24, 2.45) is 0 Å². The summed E-state index contributed by atoms with van der Waals surface area (Å²) in [4.78, 5) is 1.06. The molecule has 0 saturated carbocycles. The number of nitrogens with zero attached hydrogens (tertiary/aromatic N) is 4. The summed E-state index contributed by atoms with van der Waals surface area (Å²) in [5.41, 5.74) is 1.02. The zero-order valence-electron chi connectivity index (χ0n) is 12.4. The number of hydrogen-bond donors (Lipinski definition) is 1. The van der Waals surface area contributed by atoms with E-state index >= 15 is 0 Å². The third-order valence-corrected chi connectivity index (χ3v) is 4.97. The number of nitrogens with one attached hydrogen (secondary N) is 1. The molecule has 1 N–H and O–H groups in total. The second kappa shape index (κ2) is 7.19. The highest BCUT2D eigenvalue weighted by molar-refractivity contribution is 7.19. The first-order valence-electron chi connectivity index (χ1n) is 7.06. The van der Waals surface area contributed by atoms with Gasteiger partial charge in [0.2, 0.25) is 0 Å². The molecule has 1 unspecified atom stereocenters. The molecule has 0 aliphatic heterocycles. The number of aromatic nitrogens is 4. The van der Waals surface area contributed by atoms with E-state index in [1.54, 1.807) is 11.3 Å². The van der Waals surface area contributed by atoms with Crippen molar-refractivity contribution in [2.75, 3.05) is 6.54 Å². The summed E-state index contributed by atoms with van der Waals surface area (Å²) in [5, 5.41) is 18.4. The Balaban J connectivity index is 2.21. The van der Waals surface area contributed by atoms with Crippen molar-refractivity contribution in [2.45, 2.75) is 52.5 Å². The molecule has 5 nitrogen and oxygen atoms in total. The second-order valence-corrected chi connectivity index (χ2v) is 6.77. The minimum atomic E-state index is 0.296. The molecule has 0 spiro atoms. The molecule has 2 aromatic heterocycles. The Bertz CT molecular complexity index is 534. The van der Waals surface area contributed by atoms with Gasteiger partial charge in [-0.15, -0.1) is 15.3 Å². The van der Waals surface area contributed by atoms with Gasteiger partial charge in [0.1, 0.15) is 9.88 Å². The van der Waals surface area contributed by atoms with E-state index in [1.807, 2.05) is 0 Å². The third kappa shape index (κ3) is 3.39. The van der Waals surface area contributed by atoms with Gasteiger partial charge < -0.3 is 5.32 Å². The van der Waals surface area contributed by atoms with Crippen molar-refractivity contribution in [3.05, 3.63) is 10.7 Å². The average molecular weight is 311 g/mol. The number of rotatable bonds is 7. The Hall–Kier alpha value is -0.920. The summed E-state index contributed by atoms with van der Waals surface area (Å²) in [6, 6.07) is 0.296. The van der Waals surface area contributed by atoms with E-state index in [0.717, 1.165) is 40.0 Å². The monoisotopic (exact) mass is 311 g/mol. The molecule has 0 aromatic carbocycles. The Labute approximate surface area is 128 Å². The van der Waals surface area contributed by atoms with Crippen LogP contribution >= 0.6 is 22.9 Å². The SMILES string of the molecule is CCCNC(CC)c1nnc(-c2snnc2C(C)C)s1. The first-order valence-corrected chi connectivity index (χ1v) is 8.65. The van der Waals surface area contributed by atoms with E-state index in [4.69, 9.17) is 0 Å². The van der Waals surface area contributed by atoms with Gasteiger partial charge in [-0.2, -0.15) is 0 Å². The molecule has 0 fully saturated rings. The minimum Gasteiger partial charge on any atom is -0.308 e. The maximum Gasteiger partial charge on any atom is 0.161 e. The Kier molecular flexibility index (Phi) is 5.56. The molecule has 7 heteroatoms. The van der Waals surface area contributed by atoms with Crippen LogP contribution in [0.2, 0.25) is 0 Å². The number of hydrogen-bond acceptors (Lipinski definition) is 7. The minimum absolute atomic E-state index is 0.296. The molecule has 0 saturated heterocycles. The Morgan fingerprint density at radius 1 is 1.15 bits per heavy atom. The van der Waals surface area contributed by atoms with Crippen LogP contribution in [0, 0.1) is 0 Å². The highest BCUT2D eigenvalue weighted by Crippen LogP contribution is 2.34.